The lowest BCUT2D eigenvalue weighted by Gasteiger charge is -2.04. The van der Waals surface area contributed by atoms with Gasteiger partial charge in [0, 0.05) is 6.20 Å². The highest BCUT2D eigenvalue weighted by atomic mass is 32.1. The predicted molar refractivity (Wildman–Crippen MR) is 71.3 cm³/mol. The number of thiophene rings is 1. The lowest BCUT2D eigenvalue weighted by molar-refractivity contribution is -0.123. The summed E-state index contributed by atoms with van der Waals surface area (Å²) in [4.78, 5) is 38.7. The zero-order valence-electron chi connectivity index (χ0n) is 10.2. The molecule has 0 aliphatic carbocycles. The number of ether oxygens (including phenoxy) is 1. The fourth-order valence-corrected chi connectivity index (χ4v) is 1.94. The molecule has 0 spiro atoms. The Hall–Kier alpha value is -2.54. The standard InChI is InChI=1S/C13H10N2O4S/c16-11(15-12(17)10-5-3-7-20-10)8-19-13(18)9-4-1-2-6-14-9/h1-7H,8H2,(H,15,16,17). The Kier molecular flexibility index (Phi) is 4.56. The van der Waals surface area contributed by atoms with E-state index in [0.717, 1.165) is 0 Å². The lowest BCUT2D eigenvalue weighted by atomic mass is 10.3. The van der Waals surface area contributed by atoms with E-state index in [9.17, 15) is 14.4 Å². The monoisotopic (exact) mass is 290 g/mol. The second-order valence-corrected chi connectivity index (χ2v) is 4.59. The van der Waals surface area contributed by atoms with Crippen LogP contribution in [0.4, 0.5) is 0 Å². The molecule has 0 aliphatic rings. The minimum absolute atomic E-state index is 0.102. The van der Waals surface area contributed by atoms with Gasteiger partial charge in [0.25, 0.3) is 11.8 Å². The molecular formula is C13H10N2O4S. The molecule has 0 saturated carbocycles. The molecule has 0 fully saturated rings. The number of hydrogen-bond donors (Lipinski definition) is 1. The van der Waals surface area contributed by atoms with Crippen LogP contribution in [0.25, 0.3) is 0 Å². The average molecular weight is 290 g/mol. The van der Waals surface area contributed by atoms with Crippen LogP contribution in [0.2, 0.25) is 0 Å². The molecule has 2 rings (SSSR count). The van der Waals surface area contributed by atoms with Crippen molar-refractivity contribution in [2.24, 2.45) is 0 Å². The number of rotatable bonds is 4. The van der Waals surface area contributed by atoms with Crippen LogP contribution >= 0.6 is 11.3 Å². The van der Waals surface area contributed by atoms with Gasteiger partial charge in [0.05, 0.1) is 4.88 Å². The molecule has 0 radical (unpaired) electrons. The highest BCUT2D eigenvalue weighted by Crippen LogP contribution is 2.07. The van der Waals surface area contributed by atoms with E-state index in [1.54, 1.807) is 29.6 Å². The SMILES string of the molecule is O=C(COC(=O)c1ccccn1)NC(=O)c1cccs1. The molecular weight excluding hydrogens is 280 g/mol. The quantitative estimate of drug-likeness (QED) is 0.857. The zero-order chi connectivity index (χ0) is 14.4. The van der Waals surface area contributed by atoms with E-state index in [2.05, 4.69) is 10.3 Å². The molecule has 6 nitrogen and oxygen atoms in total. The first kappa shape index (κ1) is 13.9. The van der Waals surface area contributed by atoms with E-state index in [0.29, 0.717) is 4.88 Å². The molecule has 1 N–H and O–H groups in total. The van der Waals surface area contributed by atoms with Gasteiger partial charge in [-0.2, -0.15) is 0 Å². The molecule has 2 amide bonds. The molecule has 0 unspecified atom stereocenters. The molecule has 2 aromatic heterocycles. The molecule has 0 atom stereocenters. The van der Waals surface area contributed by atoms with Gasteiger partial charge < -0.3 is 4.74 Å². The zero-order valence-corrected chi connectivity index (χ0v) is 11.1. The fourth-order valence-electron chi connectivity index (χ4n) is 1.32. The van der Waals surface area contributed by atoms with Crippen molar-refractivity contribution in [2.75, 3.05) is 6.61 Å². The van der Waals surface area contributed by atoms with Crippen molar-refractivity contribution in [2.45, 2.75) is 0 Å². The molecule has 7 heteroatoms. The highest BCUT2D eigenvalue weighted by Gasteiger charge is 2.14. The molecule has 0 bridgehead atoms. The maximum atomic E-state index is 11.6. The summed E-state index contributed by atoms with van der Waals surface area (Å²) in [6.07, 6.45) is 1.44. The summed E-state index contributed by atoms with van der Waals surface area (Å²) >= 11 is 1.21. The molecule has 2 heterocycles. The van der Waals surface area contributed by atoms with Crippen LogP contribution < -0.4 is 5.32 Å². The van der Waals surface area contributed by atoms with Gasteiger partial charge in [-0.15, -0.1) is 11.3 Å². The summed E-state index contributed by atoms with van der Waals surface area (Å²) < 4.78 is 4.75. The number of esters is 1. The number of amides is 2. The van der Waals surface area contributed by atoms with Crippen molar-refractivity contribution in [1.82, 2.24) is 10.3 Å². The molecule has 0 aromatic carbocycles. The second kappa shape index (κ2) is 6.58. The van der Waals surface area contributed by atoms with Gasteiger partial charge in [0.2, 0.25) is 0 Å². The first-order chi connectivity index (χ1) is 9.66. The van der Waals surface area contributed by atoms with Crippen LogP contribution in [-0.2, 0) is 9.53 Å². The van der Waals surface area contributed by atoms with E-state index in [1.165, 1.54) is 23.6 Å². The average Bonchev–Trinajstić information content (AvgIpc) is 3.00. The van der Waals surface area contributed by atoms with Gasteiger partial charge in [-0.25, -0.2) is 9.78 Å². The minimum Gasteiger partial charge on any atom is -0.451 e. The summed E-state index contributed by atoms with van der Waals surface area (Å²) in [6, 6.07) is 8.04. The van der Waals surface area contributed by atoms with Crippen LogP contribution in [-0.4, -0.2) is 29.4 Å². The van der Waals surface area contributed by atoms with E-state index < -0.39 is 24.4 Å². The van der Waals surface area contributed by atoms with E-state index >= 15 is 0 Å². The van der Waals surface area contributed by atoms with E-state index in [4.69, 9.17) is 4.74 Å². The van der Waals surface area contributed by atoms with Crippen molar-refractivity contribution < 1.29 is 19.1 Å². The summed E-state index contributed by atoms with van der Waals surface area (Å²) in [5.74, 6) is -1.92. The minimum atomic E-state index is -0.718. The topological polar surface area (TPSA) is 85.4 Å². The summed E-state index contributed by atoms with van der Waals surface area (Å²) in [5, 5.41) is 3.85. The largest absolute Gasteiger partial charge is 0.451 e. The maximum absolute atomic E-state index is 11.6. The fraction of sp³-hybridized carbons (Fsp3) is 0.0769. The Bertz CT molecular complexity index is 611. The Morgan fingerprint density at radius 2 is 2.05 bits per heavy atom. The number of carbonyl (C=O) groups is 3. The summed E-state index contributed by atoms with van der Waals surface area (Å²) in [7, 11) is 0. The van der Waals surface area contributed by atoms with E-state index in [-0.39, 0.29) is 5.69 Å². The normalized spacial score (nSPS) is 9.80. The first-order valence-corrected chi connectivity index (χ1v) is 6.50. The first-order valence-electron chi connectivity index (χ1n) is 5.62. The molecule has 20 heavy (non-hydrogen) atoms. The maximum Gasteiger partial charge on any atom is 0.357 e. The van der Waals surface area contributed by atoms with Gasteiger partial charge in [-0.05, 0) is 23.6 Å². The number of aromatic nitrogens is 1. The van der Waals surface area contributed by atoms with Gasteiger partial charge in [0.15, 0.2) is 6.61 Å². The number of pyridine rings is 1. The Balaban J connectivity index is 1.81. The number of nitrogens with one attached hydrogen (secondary N) is 1. The Morgan fingerprint density at radius 3 is 2.70 bits per heavy atom. The van der Waals surface area contributed by atoms with Crippen LogP contribution in [0.3, 0.4) is 0 Å². The Morgan fingerprint density at radius 1 is 1.20 bits per heavy atom. The van der Waals surface area contributed by atoms with Gasteiger partial charge in [-0.1, -0.05) is 12.1 Å². The highest BCUT2D eigenvalue weighted by molar-refractivity contribution is 7.12. The molecule has 0 aliphatic heterocycles. The van der Waals surface area contributed by atoms with Crippen molar-refractivity contribution in [1.29, 1.82) is 0 Å². The van der Waals surface area contributed by atoms with Gasteiger partial charge in [-0.3, -0.25) is 14.9 Å². The number of hydrogen-bond acceptors (Lipinski definition) is 6. The summed E-state index contributed by atoms with van der Waals surface area (Å²) in [5.41, 5.74) is 0.102. The van der Waals surface area contributed by atoms with Gasteiger partial charge >= 0.3 is 5.97 Å². The van der Waals surface area contributed by atoms with E-state index in [1.807, 2.05) is 0 Å². The summed E-state index contributed by atoms with van der Waals surface area (Å²) in [6.45, 7) is -0.535. The van der Waals surface area contributed by atoms with Crippen molar-refractivity contribution in [3.63, 3.8) is 0 Å². The van der Waals surface area contributed by atoms with Crippen LogP contribution in [0.5, 0.6) is 0 Å². The second-order valence-electron chi connectivity index (χ2n) is 3.65. The van der Waals surface area contributed by atoms with Crippen molar-refractivity contribution >= 4 is 29.1 Å². The van der Waals surface area contributed by atoms with Crippen molar-refractivity contribution in [3.8, 4) is 0 Å². The predicted octanol–water partition coefficient (Wildman–Crippen LogP) is 1.26. The van der Waals surface area contributed by atoms with Gasteiger partial charge in [0.1, 0.15) is 5.69 Å². The number of imide groups is 1. The van der Waals surface area contributed by atoms with Crippen LogP contribution in [0.15, 0.2) is 41.9 Å². The lowest BCUT2D eigenvalue weighted by Crippen LogP contribution is -2.33. The molecule has 102 valence electrons. The third kappa shape index (κ3) is 3.72. The number of nitrogens with zero attached hydrogens (tertiary/aromatic N) is 1. The van der Waals surface area contributed by atoms with Crippen LogP contribution in [0.1, 0.15) is 20.2 Å². The van der Waals surface area contributed by atoms with Crippen molar-refractivity contribution in [3.05, 3.63) is 52.5 Å². The Labute approximate surface area is 118 Å². The molecule has 0 saturated heterocycles. The number of carbonyl (C=O) groups excluding carboxylic acids is 3. The van der Waals surface area contributed by atoms with Crippen LogP contribution in [0, 0.1) is 0 Å². The third-order valence-corrected chi connectivity index (χ3v) is 3.07. The smallest absolute Gasteiger partial charge is 0.357 e. The molecule has 2 aromatic rings. The third-order valence-electron chi connectivity index (χ3n) is 2.21.